The number of hydrogen-bond acceptors (Lipinski definition) is 2. The maximum absolute atomic E-state index is 10.3. The number of hydrogen-bond donors (Lipinski definition) is 2. The van der Waals surface area contributed by atoms with Crippen LogP contribution in [0, 0.1) is 17.3 Å². The van der Waals surface area contributed by atoms with E-state index in [0.29, 0.717) is 17.3 Å². The zero-order chi connectivity index (χ0) is 21.2. The van der Waals surface area contributed by atoms with Gasteiger partial charge in [0.2, 0.25) is 0 Å². The van der Waals surface area contributed by atoms with Crippen LogP contribution in [0.4, 0.5) is 0 Å². The average molecular weight is 399 g/mol. The zero-order valence-corrected chi connectivity index (χ0v) is 19.1. The first-order valence-corrected chi connectivity index (χ1v) is 11.8. The van der Waals surface area contributed by atoms with Gasteiger partial charge in [0, 0.05) is 0 Å². The largest absolute Gasteiger partial charge is 0.390 e. The second-order valence-electron chi connectivity index (χ2n) is 10.8. The SMILES string of the molecule is C=C1[C@H](C)C/C(=C/C=C2\CCC[C@]3(C)/C(=C\CCCC(C)(C)O)CC[C@@H]23)C[C@H]1O. The minimum atomic E-state index is -0.550. The molecule has 0 radical (unpaired) electrons. The van der Waals surface area contributed by atoms with Crippen molar-refractivity contribution in [3.63, 3.8) is 0 Å². The minimum Gasteiger partial charge on any atom is -0.390 e. The van der Waals surface area contributed by atoms with Gasteiger partial charge in [-0.25, -0.2) is 0 Å². The lowest BCUT2D eigenvalue weighted by molar-refractivity contribution is 0.0691. The fraction of sp³-hybridized carbons (Fsp3) is 0.704. The molecule has 0 aromatic rings. The summed E-state index contributed by atoms with van der Waals surface area (Å²) in [6.45, 7) is 12.5. The van der Waals surface area contributed by atoms with Crippen LogP contribution in [0.2, 0.25) is 0 Å². The van der Waals surface area contributed by atoms with E-state index in [0.717, 1.165) is 37.7 Å². The van der Waals surface area contributed by atoms with E-state index >= 15 is 0 Å². The molecule has 162 valence electrons. The third kappa shape index (κ3) is 5.33. The van der Waals surface area contributed by atoms with Gasteiger partial charge in [-0.1, -0.05) is 55.4 Å². The van der Waals surface area contributed by atoms with Crippen molar-refractivity contribution in [1.82, 2.24) is 0 Å². The molecule has 2 N–H and O–H groups in total. The summed E-state index contributed by atoms with van der Waals surface area (Å²) >= 11 is 0. The molecule has 3 fully saturated rings. The van der Waals surface area contributed by atoms with Crippen LogP contribution in [0.15, 0.2) is 47.1 Å². The Bertz CT molecular complexity index is 687. The summed E-state index contributed by atoms with van der Waals surface area (Å²) in [6, 6.07) is 0. The van der Waals surface area contributed by atoms with E-state index < -0.39 is 5.60 Å². The number of fused-ring (bicyclic) bond motifs is 1. The van der Waals surface area contributed by atoms with Crippen molar-refractivity contribution in [1.29, 1.82) is 0 Å². The van der Waals surface area contributed by atoms with Crippen LogP contribution in [0.25, 0.3) is 0 Å². The Kier molecular flexibility index (Phi) is 6.95. The number of aliphatic hydroxyl groups excluding tert-OH is 1. The molecule has 29 heavy (non-hydrogen) atoms. The second-order valence-corrected chi connectivity index (χ2v) is 10.8. The highest BCUT2D eigenvalue weighted by molar-refractivity contribution is 5.33. The van der Waals surface area contributed by atoms with Crippen LogP contribution >= 0.6 is 0 Å². The molecule has 3 saturated carbocycles. The van der Waals surface area contributed by atoms with Gasteiger partial charge in [-0.3, -0.25) is 0 Å². The van der Waals surface area contributed by atoms with E-state index in [1.807, 2.05) is 13.8 Å². The van der Waals surface area contributed by atoms with E-state index in [-0.39, 0.29) is 6.10 Å². The van der Waals surface area contributed by atoms with Crippen LogP contribution in [-0.4, -0.2) is 21.9 Å². The number of allylic oxidation sites excluding steroid dienone is 5. The fourth-order valence-corrected chi connectivity index (χ4v) is 5.91. The maximum Gasteiger partial charge on any atom is 0.0787 e. The molecule has 3 aliphatic carbocycles. The minimum absolute atomic E-state index is 0.324. The molecule has 0 amide bonds. The summed E-state index contributed by atoms with van der Waals surface area (Å²) in [5.74, 6) is 1.06. The van der Waals surface area contributed by atoms with Crippen LogP contribution in [-0.2, 0) is 0 Å². The topological polar surface area (TPSA) is 40.5 Å². The fourth-order valence-electron chi connectivity index (χ4n) is 5.91. The summed E-state index contributed by atoms with van der Waals surface area (Å²) in [6.07, 6.45) is 18.0. The number of rotatable bonds is 5. The summed E-state index contributed by atoms with van der Waals surface area (Å²) < 4.78 is 0. The molecule has 0 aromatic heterocycles. The van der Waals surface area contributed by atoms with Gasteiger partial charge in [0.1, 0.15) is 0 Å². The van der Waals surface area contributed by atoms with Crippen molar-refractivity contribution in [2.45, 2.75) is 104 Å². The molecular weight excluding hydrogens is 356 g/mol. The first-order chi connectivity index (χ1) is 13.6. The summed E-state index contributed by atoms with van der Waals surface area (Å²) in [7, 11) is 0. The summed E-state index contributed by atoms with van der Waals surface area (Å²) in [4.78, 5) is 0. The molecular formula is C27H42O2. The first kappa shape index (κ1) is 22.6. The van der Waals surface area contributed by atoms with Crippen molar-refractivity contribution in [2.75, 3.05) is 0 Å². The first-order valence-electron chi connectivity index (χ1n) is 11.8. The highest BCUT2D eigenvalue weighted by atomic mass is 16.3. The van der Waals surface area contributed by atoms with Gasteiger partial charge in [0.25, 0.3) is 0 Å². The van der Waals surface area contributed by atoms with Gasteiger partial charge in [-0.2, -0.15) is 0 Å². The molecule has 3 aliphatic rings. The molecule has 0 bridgehead atoms. The molecule has 4 atom stereocenters. The molecule has 0 heterocycles. The summed E-state index contributed by atoms with van der Waals surface area (Å²) in [5.41, 5.74) is 5.43. The Morgan fingerprint density at radius 3 is 2.66 bits per heavy atom. The van der Waals surface area contributed by atoms with E-state index in [1.165, 1.54) is 37.7 Å². The standard InChI is InChI=1S/C27H42O2/c1-19-17-21(18-25(28)20(19)2)11-12-22-9-8-16-27(5)23(13-14-24(22)27)10-6-7-15-26(3,4)29/h10-12,19,24-25,28-29H,2,6-9,13-18H2,1,3-5H3/b21-11-,22-12+,23-10-/t19-,24+,25-,27-/m1/s1. The molecule has 2 nitrogen and oxygen atoms in total. The van der Waals surface area contributed by atoms with Crippen LogP contribution in [0.5, 0.6) is 0 Å². The molecule has 0 unspecified atom stereocenters. The Morgan fingerprint density at radius 1 is 1.21 bits per heavy atom. The van der Waals surface area contributed by atoms with Crippen LogP contribution in [0.3, 0.4) is 0 Å². The van der Waals surface area contributed by atoms with Crippen molar-refractivity contribution in [3.8, 4) is 0 Å². The smallest absolute Gasteiger partial charge is 0.0787 e. The molecule has 3 rings (SSSR count). The highest BCUT2D eigenvalue weighted by Crippen LogP contribution is 2.57. The normalized spacial score (nSPS) is 37.5. The number of aliphatic hydroxyl groups is 2. The average Bonchev–Trinajstić information content (AvgIpc) is 2.97. The van der Waals surface area contributed by atoms with Gasteiger partial charge in [0.05, 0.1) is 11.7 Å². The Labute approximate surface area is 178 Å². The zero-order valence-electron chi connectivity index (χ0n) is 19.1. The van der Waals surface area contributed by atoms with E-state index in [9.17, 15) is 10.2 Å². The summed E-state index contributed by atoms with van der Waals surface area (Å²) in [5, 5.41) is 20.2. The quantitative estimate of drug-likeness (QED) is 0.402. The van der Waals surface area contributed by atoms with Gasteiger partial charge in [-0.05, 0) is 101 Å². The molecule has 0 aliphatic heterocycles. The lowest BCUT2D eigenvalue weighted by Crippen LogP contribution is -2.29. The Balaban J connectivity index is 1.69. The lowest BCUT2D eigenvalue weighted by atomic mass is 9.65. The van der Waals surface area contributed by atoms with Crippen LogP contribution in [0.1, 0.15) is 91.9 Å². The lowest BCUT2D eigenvalue weighted by Gasteiger charge is -2.39. The Morgan fingerprint density at radius 2 is 1.97 bits per heavy atom. The van der Waals surface area contributed by atoms with Crippen molar-refractivity contribution in [3.05, 3.63) is 47.1 Å². The van der Waals surface area contributed by atoms with Gasteiger partial charge in [-0.15, -0.1) is 0 Å². The van der Waals surface area contributed by atoms with Crippen molar-refractivity contribution >= 4 is 0 Å². The van der Waals surface area contributed by atoms with Crippen molar-refractivity contribution < 1.29 is 10.2 Å². The monoisotopic (exact) mass is 398 g/mol. The molecule has 2 heteroatoms. The third-order valence-corrected chi connectivity index (χ3v) is 7.82. The predicted octanol–water partition coefficient (Wildman–Crippen LogP) is 6.65. The predicted molar refractivity (Wildman–Crippen MR) is 123 cm³/mol. The van der Waals surface area contributed by atoms with E-state index in [1.54, 1.807) is 11.1 Å². The Hall–Kier alpha value is -1.12. The van der Waals surface area contributed by atoms with Gasteiger partial charge < -0.3 is 10.2 Å². The second kappa shape index (κ2) is 8.94. The van der Waals surface area contributed by atoms with Gasteiger partial charge >= 0.3 is 0 Å². The molecule has 0 saturated heterocycles. The van der Waals surface area contributed by atoms with Crippen molar-refractivity contribution in [2.24, 2.45) is 17.3 Å². The van der Waals surface area contributed by atoms with E-state index in [2.05, 4.69) is 38.7 Å². The maximum atomic E-state index is 10.3. The third-order valence-electron chi connectivity index (χ3n) is 7.82. The molecule has 0 aromatic carbocycles. The highest BCUT2D eigenvalue weighted by Gasteiger charge is 2.45. The van der Waals surface area contributed by atoms with Gasteiger partial charge in [0.15, 0.2) is 0 Å². The van der Waals surface area contributed by atoms with Crippen LogP contribution < -0.4 is 0 Å². The molecule has 0 spiro atoms. The number of unbranched alkanes of at least 4 members (excludes halogenated alkanes) is 1. The van der Waals surface area contributed by atoms with E-state index in [4.69, 9.17) is 0 Å².